The summed E-state index contributed by atoms with van der Waals surface area (Å²) < 4.78 is 6.00. The molecule has 0 saturated carbocycles. The largest absolute Gasteiger partial charge is 0.485 e. The van der Waals surface area contributed by atoms with Crippen molar-refractivity contribution >= 4 is 5.69 Å². The number of benzene rings is 1. The third-order valence-electron chi connectivity index (χ3n) is 3.81. The summed E-state index contributed by atoms with van der Waals surface area (Å²) in [5.41, 5.74) is 0.760. The van der Waals surface area contributed by atoms with Gasteiger partial charge in [0.15, 0.2) is 0 Å². The van der Waals surface area contributed by atoms with Crippen LogP contribution in [0.3, 0.4) is 0 Å². The second-order valence-electron chi connectivity index (χ2n) is 5.28. The van der Waals surface area contributed by atoms with E-state index in [2.05, 4.69) is 15.5 Å². The lowest BCUT2D eigenvalue weighted by atomic mass is 10.2. The van der Waals surface area contributed by atoms with Crippen molar-refractivity contribution in [1.82, 2.24) is 10.2 Å². The van der Waals surface area contributed by atoms with E-state index in [9.17, 15) is 4.91 Å². The second kappa shape index (κ2) is 6.19. The molecule has 0 bridgehead atoms. The summed E-state index contributed by atoms with van der Waals surface area (Å²) in [4.78, 5) is 13.4. The molecule has 2 heterocycles. The van der Waals surface area contributed by atoms with Gasteiger partial charge in [0.1, 0.15) is 17.5 Å². The number of rotatable bonds is 3. The summed E-state index contributed by atoms with van der Waals surface area (Å²) in [6, 6.07) is 7.56. The Labute approximate surface area is 118 Å². The predicted octanol–water partition coefficient (Wildman–Crippen LogP) is 1.23. The molecule has 6 heteroatoms. The molecular weight excluding hydrogens is 256 g/mol. The molecule has 20 heavy (non-hydrogen) atoms. The van der Waals surface area contributed by atoms with Gasteiger partial charge in [-0.2, -0.15) is 0 Å². The fraction of sp³-hybridized carbons (Fsp3) is 0.571. The van der Waals surface area contributed by atoms with E-state index in [1.165, 1.54) is 5.01 Å². The van der Waals surface area contributed by atoms with Crippen molar-refractivity contribution in [1.29, 1.82) is 0 Å². The van der Waals surface area contributed by atoms with Crippen LogP contribution in [0.4, 0.5) is 5.69 Å². The number of anilines is 1. The maximum absolute atomic E-state index is 11.0. The van der Waals surface area contributed by atoms with E-state index in [1.807, 2.05) is 24.3 Å². The average molecular weight is 276 g/mol. The summed E-state index contributed by atoms with van der Waals surface area (Å²) in [7, 11) is 0. The molecule has 0 amide bonds. The van der Waals surface area contributed by atoms with Crippen LogP contribution in [0.25, 0.3) is 0 Å². The highest BCUT2D eigenvalue weighted by atomic mass is 16.5. The Kier molecular flexibility index (Phi) is 4.13. The van der Waals surface area contributed by atoms with Gasteiger partial charge in [0, 0.05) is 19.6 Å². The SMILES string of the molecule is O=NN1CC(CN2CCCNCC2)Oc2ccccc21. The van der Waals surface area contributed by atoms with Gasteiger partial charge in [-0.15, -0.1) is 4.91 Å². The van der Waals surface area contributed by atoms with E-state index in [-0.39, 0.29) is 6.10 Å². The Balaban J connectivity index is 1.68. The Morgan fingerprint density at radius 3 is 3.10 bits per heavy atom. The Bertz CT molecular complexity index is 460. The van der Waals surface area contributed by atoms with Gasteiger partial charge in [0.25, 0.3) is 0 Å². The molecule has 0 aliphatic carbocycles. The molecule has 1 saturated heterocycles. The van der Waals surface area contributed by atoms with Crippen LogP contribution in [-0.4, -0.2) is 50.3 Å². The van der Waals surface area contributed by atoms with Gasteiger partial charge in [0.2, 0.25) is 0 Å². The minimum absolute atomic E-state index is 0.0132. The summed E-state index contributed by atoms with van der Waals surface area (Å²) >= 11 is 0. The third kappa shape index (κ3) is 2.91. The molecule has 2 aliphatic rings. The van der Waals surface area contributed by atoms with E-state index in [0.29, 0.717) is 6.54 Å². The topological polar surface area (TPSA) is 57.2 Å². The first-order valence-electron chi connectivity index (χ1n) is 7.16. The first-order valence-corrected chi connectivity index (χ1v) is 7.16. The van der Waals surface area contributed by atoms with Crippen molar-refractivity contribution in [3.63, 3.8) is 0 Å². The minimum Gasteiger partial charge on any atom is -0.485 e. The molecule has 0 aromatic heterocycles. The molecular formula is C14H20N4O2. The smallest absolute Gasteiger partial charge is 0.145 e. The molecule has 1 atom stereocenters. The summed E-state index contributed by atoms with van der Waals surface area (Å²) in [6.07, 6.45) is 1.14. The highest BCUT2D eigenvalue weighted by Crippen LogP contribution is 2.33. The van der Waals surface area contributed by atoms with Crippen LogP contribution in [-0.2, 0) is 0 Å². The first kappa shape index (κ1) is 13.3. The molecule has 2 aliphatic heterocycles. The molecule has 3 rings (SSSR count). The molecule has 1 aromatic carbocycles. The van der Waals surface area contributed by atoms with Crippen LogP contribution in [0.5, 0.6) is 5.75 Å². The van der Waals surface area contributed by atoms with Crippen LogP contribution < -0.4 is 15.1 Å². The Morgan fingerprint density at radius 2 is 2.20 bits per heavy atom. The monoisotopic (exact) mass is 276 g/mol. The van der Waals surface area contributed by atoms with Crippen molar-refractivity contribution in [2.45, 2.75) is 12.5 Å². The number of hydrogen-bond donors (Lipinski definition) is 1. The van der Waals surface area contributed by atoms with Crippen LogP contribution in [0.1, 0.15) is 6.42 Å². The lowest BCUT2D eigenvalue weighted by Gasteiger charge is -2.34. The zero-order valence-corrected chi connectivity index (χ0v) is 11.5. The zero-order valence-electron chi connectivity index (χ0n) is 11.5. The van der Waals surface area contributed by atoms with Crippen molar-refractivity contribution in [2.24, 2.45) is 5.29 Å². The summed E-state index contributed by atoms with van der Waals surface area (Å²) in [5.74, 6) is 0.747. The van der Waals surface area contributed by atoms with Crippen molar-refractivity contribution in [3.05, 3.63) is 29.2 Å². The molecule has 6 nitrogen and oxygen atoms in total. The van der Waals surface area contributed by atoms with Gasteiger partial charge < -0.3 is 10.1 Å². The Morgan fingerprint density at radius 1 is 1.30 bits per heavy atom. The van der Waals surface area contributed by atoms with E-state index < -0.39 is 0 Å². The van der Waals surface area contributed by atoms with Crippen LogP contribution in [0.2, 0.25) is 0 Å². The van der Waals surface area contributed by atoms with Crippen molar-refractivity contribution in [2.75, 3.05) is 44.3 Å². The van der Waals surface area contributed by atoms with Crippen LogP contribution in [0, 0.1) is 4.91 Å². The number of para-hydroxylation sites is 2. The number of ether oxygens (including phenoxy) is 1. The second-order valence-corrected chi connectivity index (χ2v) is 5.28. The number of nitrogens with one attached hydrogen (secondary N) is 1. The number of nitrogens with zero attached hydrogens (tertiary/aromatic N) is 3. The van der Waals surface area contributed by atoms with E-state index >= 15 is 0 Å². The molecule has 0 radical (unpaired) electrons. The van der Waals surface area contributed by atoms with E-state index in [0.717, 1.165) is 50.6 Å². The van der Waals surface area contributed by atoms with Gasteiger partial charge in [-0.25, -0.2) is 5.01 Å². The quantitative estimate of drug-likeness (QED) is 0.842. The van der Waals surface area contributed by atoms with Crippen LogP contribution in [0.15, 0.2) is 29.6 Å². The normalized spacial score (nSPS) is 23.6. The van der Waals surface area contributed by atoms with E-state index in [1.54, 1.807) is 0 Å². The molecule has 108 valence electrons. The molecule has 1 fully saturated rings. The number of nitroso groups, excluding NO2 is 1. The van der Waals surface area contributed by atoms with Crippen molar-refractivity contribution in [3.8, 4) is 5.75 Å². The third-order valence-corrected chi connectivity index (χ3v) is 3.81. The number of hydrogen-bond acceptors (Lipinski definition) is 5. The molecule has 1 N–H and O–H groups in total. The van der Waals surface area contributed by atoms with Gasteiger partial charge in [-0.1, -0.05) is 12.1 Å². The average Bonchev–Trinajstić information content (AvgIpc) is 2.75. The highest BCUT2D eigenvalue weighted by Gasteiger charge is 2.27. The van der Waals surface area contributed by atoms with Gasteiger partial charge in [0.05, 0.1) is 11.8 Å². The molecule has 1 unspecified atom stereocenters. The summed E-state index contributed by atoms with van der Waals surface area (Å²) in [6.45, 7) is 5.54. The lowest BCUT2D eigenvalue weighted by molar-refractivity contribution is 0.132. The molecule has 0 spiro atoms. The van der Waals surface area contributed by atoms with Crippen molar-refractivity contribution < 1.29 is 4.74 Å². The van der Waals surface area contributed by atoms with Gasteiger partial charge >= 0.3 is 0 Å². The maximum Gasteiger partial charge on any atom is 0.145 e. The highest BCUT2D eigenvalue weighted by molar-refractivity contribution is 5.59. The minimum atomic E-state index is -0.0132. The lowest BCUT2D eigenvalue weighted by Crippen LogP contribution is -2.45. The fourth-order valence-electron chi connectivity index (χ4n) is 2.82. The maximum atomic E-state index is 11.0. The zero-order chi connectivity index (χ0) is 13.8. The van der Waals surface area contributed by atoms with E-state index in [4.69, 9.17) is 4.74 Å². The molecule has 1 aromatic rings. The summed E-state index contributed by atoms with van der Waals surface area (Å²) in [5, 5.41) is 8.01. The first-order chi connectivity index (χ1) is 9.86. The standard InChI is InChI=1S/C14H20N4O2/c19-16-18-11-12(10-17-8-3-6-15-7-9-17)20-14-5-2-1-4-13(14)18/h1-2,4-5,12,15H,3,6-11H2. The van der Waals surface area contributed by atoms with Gasteiger partial charge in [-0.3, -0.25) is 4.90 Å². The number of fused-ring (bicyclic) bond motifs is 1. The fourth-order valence-corrected chi connectivity index (χ4v) is 2.82. The predicted molar refractivity (Wildman–Crippen MR) is 77.9 cm³/mol. The Hall–Kier alpha value is -1.66. The van der Waals surface area contributed by atoms with Crippen LogP contribution >= 0.6 is 0 Å². The van der Waals surface area contributed by atoms with Gasteiger partial charge in [-0.05, 0) is 31.6 Å².